The van der Waals surface area contributed by atoms with Crippen molar-refractivity contribution in [1.29, 1.82) is 0 Å². The number of hydrogen-bond donors (Lipinski definition) is 1. The van der Waals surface area contributed by atoms with E-state index in [1.165, 1.54) is 5.56 Å². The van der Waals surface area contributed by atoms with Crippen LogP contribution in [-0.4, -0.2) is 62.2 Å². The summed E-state index contributed by atoms with van der Waals surface area (Å²) in [5, 5.41) is 3.45. The Hall–Kier alpha value is -3.91. The van der Waals surface area contributed by atoms with Gasteiger partial charge in [0.15, 0.2) is 23.1 Å². The number of ketones is 2. The third-order valence-electron chi connectivity index (χ3n) is 7.85. The van der Waals surface area contributed by atoms with Gasteiger partial charge in [-0.25, -0.2) is 9.98 Å². The van der Waals surface area contributed by atoms with E-state index in [1.54, 1.807) is 20.4 Å². The van der Waals surface area contributed by atoms with Crippen molar-refractivity contribution < 1.29 is 19.1 Å². The van der Waals surface area contributed by atoms with Crippen molar-refractivity contribution in [3.63, 3.8) is 0 Å². The average Bonchev–Trinajstić information content (AvgIpc) is 3.40. The van der Waals surface area contributed by atoms with Gasteiger partial charge in [-0.2, -0.15) is 0 Å². The van der Waals surface area contributed by atoms with Crippen molar-refractivity contribution in [3.8, 4) is 11.5 Å². The highest BCUT2D eigenvalue weighted by Gasteiger charge is 2.50. The number of amidine groups is 1. The molecule has 0 saturated carbocycles. The molecule has 208 valence electrons. The van der Waals surface area contributed by atoms with E-state index in [0.29, 0.717) is 48.1 Å². The highest BCUT2D eigenvalue weighted by molar-refractivity contribution is 6.51. The Bertz CT molecular complexity index is 1420. The number of allylic oxidation sites excluding steroid dienone is 2. The van der Waals surface area contributed by atoms with Gasteiger partial charge < -0.3 is 14.8 Å². The molecule has 2 unspecified atom stereocenters. The molecule has 3 aliphatic rings. The molecule has 0 spiro atoms. The molecule has 1 aliphatic carbocycles. The first-order chi connectivity index (χ1) is 19.3. The summed E-state index contributed by atoms with van der Waals surface area (Å²) in [6, 6.07) is 16.0. The molecular formula is C32H36N4O4. The molecule has 2 aliphatic heterocycles. The summed E-state index contributed by atoms with van der Waals surface area (Å²) in [5.74, 6) is 0.853. The number of fused-ring (bicyclic) bond motifs is 2. The number of hydrogen-bond acceptors (Lipinski definition) is 8. The van der Waals surface area contributed by atoms with Gasteiger partial charge in [0.1, 0.15) is 22.8 Å². The number of methoxy groups -OCH3 is 2. The molecule has 0 fully saturated rings. The molecule has 2 aromatic rings. The van der Waals surface area contributed by atoms with Gasteiger partial charge in [-0.3, -0.25) is 14.6 Å². The minimum atomic E-state index is -0.874. The lowest BCUT2D eigenvalue weighted by atomic mass is 9.67. The van der Waals surface area contributed by atoms with Gasteiger partial charge in [0.25, 0.3) is 0 Å². The highest BCUT2D eigenvalue weighted by atomic mass is 16.5. The van der Waals surface area contributed by atoms with E-state index in [2.05, 4.69) is 27.4 Å². The SMILES string of the molecule is COc1ccc(CCNCCC2C(=O)C3=NC(CCc4ccccc4)=NC3=C3C=NC(C)(C)C(=O)C32)cc1OC. The largest absolute Gasteiger partial charge is 0.493 e. The Morgan fingerprint density at radius 3 is 2.40 bits per heavy atom. The van der Waals surface area contributed by atoms with Crippen molar-refractivity contribution in [2.24, 2.45) is 26.8 Å². The number of nitrogens with zero attached hydrogens (tertiary/aromatic N) is 3. The maximum absolute atomic E-state index is 13.8. The average molecular weight is 541 g/mol. The number of aryl methyl sites for hydroxylation is 1. The maximum atomic E-state index is 13.8. The Kier molecular flexibility index (Phi) is 8.07. The van der Waals surface area contributed by atoms with Crippen molar-refractivity contribution in [3.05, 3.63) is 70.9 Å². The van der Waals surface area contributed by atoms with E-state index in [1.807, 2.05) is 50.2 Å². The number of carbonyl (C=O) groups excluding carboxylic acids is 2. The Balaban J connectivity index is 1.28. The third-order valence-corrected chi connectivity index (χ3v) is 7.85. The molecule has 0 radical (unpaired) electrons. The lowest BCUT2D eigenvalue weighted by Crippen LogP contribution is -2.50. The van der Waals surface area contributed by atoms with Gasteiger partial charge in [0.05, 0.1) is 20.1 Å². The van der Waals surface area contributed by atoms with Crippen molar-refractivity contribution in [2.45, 2.75) is 45.1 Å². The Morgan fingerprint density at radius 2 is 1.65 bits per heavy atom. The smallest absolute Gasteiger partial charge is 0.187 e. The molecule has 2 atom stereocenters. The van der Waals surface area contributed by atoms with Crippen LogP contribution >= 0.6 is 0 Å². The number of benzene rings is 2. The molecule has 40 heavy (non-hydrogen) atoms. The first-order valence-electron chi connectivity index (χ1n) is 13.8. The lowest BCUT2D eigenvalue weighted by Gasteiger charge is -2.37. The number of aliphatic imine (C=N–C) groups is 3. The summed E-state index contributed by atoms with van der Waals surface area (Å²) in [5.41, 5.74) is 3.07. The van der Waals surface area contributed by atoms with E-state index >= 15 is 0 Å². The van der Waals surface area contributed by atoms with Crippen LogP contribution in [0.15, 0.2) is 74.8 Å². The summed E-state index contributed by atoms with van der Waals surface area (Å²) in [4.78, 5) is 41.3. The predicted molar refractivity (Wildman–Crippen MR) is 157 cm³/mol. The summed E-state index contributed by atoms with van der Waals surface area (Å²) >= 11 is 0. The van der Waals surface area contributed by atoms with Gasteiger partial charge in [0.2, 0.25) is 0 Å². The quantitative estimate of drug-likeness (QED) is 0.430. The fraction of sp³-hybridized carbons (Fsp3) is 0.406. The van der Waals surface area contributed by atoms with Crippen LogP contribution in [0.2, 0.25) is 0 Å². The number of ether oxygens (including phenoxy) is 2. The highest BCUT2D eigenvalue weighted by Crippen LogP contribution is 2.41. The van der Waals surface area contributed by atoms with E-state index in [4.69, 9.17) is 14.5 Å². The van der Waals surface area contributed by atoms with Crippen molar-refractivity contribution in [2.75, 3.05) is 27.3 Å². The fourth-order valence-electron chi connectivity index (χ4n) is 5.56. The van der Waals surface area contributed by atoms with Crippen LogP contribution in [0.25, 0.3) is 0 Å². The molecule has 2 aromatic carbocycles. The van der Waals surface area contributed by atoms with Crippen LogP contribution in [0.5, 0.6) is 11.5 Å². The minimum Gasteiger partial charge on any atom is -0.493 e. The van der Waals surface area contributed by atoms with Crippen LogP contribution in [0, 0.1) is 11.8 Å². The van der Waals surface area contributed by atoms with Crippen LogP contribution in [0.4, 0.5) is 0 Å². The monoisotopic (exact) mass is 540 g/mol. The van der Waals surface area contributed by atoms with E-state index < -0.39 is 17.4 Å². The van der Waals surface area contributed by atoms with E-state index in [-0.39, 0.29) is 11.6 Å². The molecule has 0 saturated heterocycles. The first kappa shape index (κ1) is 27.6. The number of nitrogens with one attached hydrogen (secondary N) is 1. The van der Waals surface area contributed by atoms with Crippen LogP contribution < -0.4 is 14.8 Å². The zero-order chi connectivity index (χ0) is 28.3. The molecule has 8 nitrogen and oxygen atoms in total. The van der Waals surface area contributed by atoms with Crippen molar-refractivity contribution in [1.82, 2.24) is 5.32 Å². The van der Waals surface area contributed by atoms with E-state index in [9.17, 15) is 9.59 Å². The maximum Gasteiger partial charge on any atom is 0.187 e. The summed E-state index contributed by atoms with van der Waals surface area (Å²) in [6.07, 6.45) is 4.48. The standard InChI is InChI=1S/C32H36N4O4/c1-32(2)31(38)27-22(15-17-33-16-14-21-10-12-24(39-3)25(18-21)40-4)30(37)29-28(23(27)19-34-32)35-26(36-29)13-11-20-8-6-5-7-9-20/h5-10,12,18-19,22,27,33H,11,13-17H2,1-4H3. The molecule has 5 rings (SSSR count). The Labute approximate surface area is 235 Å². The molecular weight excluding hydrogens is 504 g/mol. The second kappa shape index (κ2) is 11.7. The van der Waals surface area contributed by atoms with Gasteiger partial charge >= 0.3 is 0 Å². The molecule has 0 aromatic heterocycles. The van der Waals surface area contributed by atoms with Gasteiger partial charge in [-0.05, 0) is 69.5 Å². The zero-order valence-electron chi connectivity index (χ0n) is 23.6. The number of carbonyl (C=O) groups is 2. The lowest BCUT2D eigenvalue weighted by molar-refractivity contribution is -0.131. The molecule has 0 bridgehead atoms. The summed E-state index contributed by atoms with van der Waals surface area (Å²) in [6.45, 7) is 4.94. The van der Waals surface area contributed by atoms with Gasteiger partial charge in [0, 0.05) is 24.1 Å². The second-order valence-electron chi connectivity index (χ2n) is 10.9. The second-order valence-corrected chi connectivity index (χ2v) is 10.9. The molecule has 0 amide bonds. The molecule has 2 heterocycles. The van der Waals surface area contributed by atoms with E-state index in [0.717, 1.165) is 30.5 Å². The van der Waals surface area contributed by atoms with Crippen LogP contribution in [-0.2, 0) is 22.4 Å². The third kappa shape index (κ3) is 5.54. The number of rotatable bonds is 11. The molecule has 8 heteroatoms. The topological polar surface area (TPSA) is 102 Å². The predicted octanol–water partition coefficient (Wildman–Crippen LogP) is 4.21. The minimum absolute atomic E-state index is 0.0341. The van der Waals surface area contributed by atoms with Crippen LogP contribution in [0.1, 0.15) is 37.8 Å². The first-order valence-corrected chi connectivity index (χ1v) is 13.8. The van der Waals surface area contributed by atoms with Gasteiger partial charge in [-0.1, -0.05) is 36.4 Å². The summed E-state index contributed by atoms with van der Waals surface area (Å²) in [7, 11) is 3.24. The normalized spacial score (nSPS) is 21.1. The van der Waals surface area contributed by atoms with Gasteiger partial charge in [-0.15, -0.1) is 0 Å². The summed E-state index contributed by atoms with van der Waals surface area (Å²) < 4.78 is 10.7. The Morgan fingerprint density at radius 1 is 0.875 bits per heavy atom. The fourth-order valence-corrected chi connectivity index (χ4v) is 5.56. The zero-order valence-corrected chi connectivity index (χ0v) is 23.6. The van der Waals surface area contributed by atoms with Crippen molar-refractivity contribution >= 4 is 29.3 Å². The van der Waals surface area contributed by atoms with Crippen LogP contribution in [0.3, 0.4) is 0 Å². The molecule has 1 N–H and O–H groups in total. The number of Topliss-reactive ketones (excluding diaryl/α,β-unsaturated/α-hetero) is 2.